The summed E-state index contributed by atoms with van der Waals surface area (Å²) in [7, 11) is -4.60. The van der Waals surface area contributed by atoms with E-state index in [2.05, 4.69) is 5.32 Å². The van der Waals surface area contributed by atoms with Crippen molar-refractivity contribution in [3.05, 3.63) is 94.8 Å². The smallest absolute Gasteiger partial charge is 0.352 e. The quantitative estimate of drug-likeness (QED) is 0.300. The lowest BCUT2D eigenvalue weighted by atomic mass is 10.1. The van der Waals surface area contributed by atoms with Gasteiger partial charge in [-0.25, -0.2) is 12.8 Å². The summed E-state index contributed by atoms with van der Waals surface area (Å²) in [5.41, 5.74) is -1.73. The molecule has 0 spiro atoms. The van der Waals surface area contributed by atoms with E-state index in [1.807, 2.05) is 0 Å². The number of nitrogens with one attached hydrogen (secondary N) is 1. The Bertz CT molecular complexity index is 1500. The molecule has 0 aliphatic heterocycles. The number of hydrogen-bond acceptors (Lipinski definition) is 4. The summed E-state index contributed by atoms with van der Waals surface area (Å²) >= 11 is 5.75. The summed E-state index contributed by atoms with van der Waals surface area (Å²) in [5.74, 6) is -2.21. The summed E-state index contributed by atoms with van der Waals surface area (Å²) in [4.78, 5) is 27.3. The molecule has 0 radical (unpaired) electrons. The van der Waals surface area contributed by atoms with Gasteiger partial charge in [0.15, 0.2) is 0 Å². The first-order valence-electron chi connectivity index (χ1n) is 12.4. The highest BCUT2D eigenvalue weighted by atomic mass is 35.5. The molecular formula is C28H28ClF4N3O4S. The second-order valence-corrected chi connectivity index (χ2v) is 11.7. The van der Waals surface area contributed by atoms with Crippen molar-refractivity contribution >= 4 is 39.1 Å². The number of carbonyl (C=O) groups is 2. The monoisotopic (exact) mass is 613 g/mol. The van der Waals surface area contributed by atoms with Crippen molar-refractivity contribution in [3.8, 4) is 0 Å². The molecule has 13 heteroatoms. The molecule has 3 aromatic rings. The summed E-state index contributed by atoms with van der Waals surface area (Å²) in [5, 5.41) is 1.99. The highest BCUT2D eigenvalue weighted by Crippen LogP contribution is 2.38. The van der Waals surface area contributed by atoms with Crippen LogP contribution in [0.3, 0.4) is 0 Å². The van der Waals surface area contributed by atoms with Crippen molar-refractivity contribution in [1.29, 1.82) is 0 Å². The lowest BCUT2D eigenvalue weighted by molar-refractivity contribution is -0.139. The minimum Gasteiger partial charge on any atom is -0.352 e. The maximum absolute atomic E-state index is 14.6. The van der Waals surface area contributed by atoms with Gasteiger partial charge >= 0.3 is 6.18 Å². The van der Waals surface area contributed by atoms with Crippen LogP contribution in [-0.2, 0) is 32.3 Å². The molecule has 0 unspecified atom stereocenters. The van der Waals surface area contributed by atoms with Crippen molar-refractivity contribution in [1.82, 2.24) is 10.2 Å². The van der Waals surface area contributed by atoms with Crippen LogP contribution in [0.1, 0.15) is 31.9 Å². The normalized spacial score (nSPS) is 12.6. The van der Waals surface area contributed by atoms with Crippen molar-refractivity contribution in [2.45, 2.75) is 50.5 Å². The number of alkyl halides is 3. The molecule has 0 aromatic heterocycles. The zero-order valence-electron chi connectivity index (χ0n) is 22.3. The van der Waals surface area contributed by atoms with Crippen molar-refractivity contribution < 1.29 is 35.6 Å². The van der Waals surface area contributed by atoms with Crippen molar-refractivity contribution in [3.63, 3.8) is 0 Å². The predicted octanol–water partition coefficient (Wildman–Crippen LogP) is 5.64. The minimum atomic E-state index is -4.92. The van der Waals surface area contributed by atoms with Crippen LogP contribution in [0.5, 0.6) is 0 Å². The molecule has 3 rings (SSSR count). The van der Waals surface area contributed by atoms with Gasteiger partial charge in [-0.2, -0.15) is 13.2 Å². The van der Waals surface area contributed by atoms with Crippen molar-refractivity contribution in [2.24, 2.45) is 0 Å². The van der Waals surface area contributed by atoms with Gasteiger partial charge in [0.2, 0.25) is 11.8 Å². The number of anilines is 1. The van der Waals surface area contributed by atoms with Gasteiger partial charge in [-0.05, 0) is 57.2 Å². The molecule has 0 aliphatic rings. The zero-order chi connectivity index (χ0) is 30.5. The number of carbonyl (C=O) groups excluding carboxylic acids is 2. The molecule has 0 saturated heterocycles. The third-order valence-corrected chi connectivity index (χ3v) is 8.17. The largest absolute Gasteiger partial charge is 0.417 e. The van der Waals surface area contributed by atoms with E-state index in [9.17, 15) is 35.6 Å². The van der Waals surface area contributed by atoms with Crippen LogP contribution in [0.4, 0.5) is 23.2 Å². The number of sulfonamides is 1. The van der Waals surface area contributed by atoms with E-state index in [1.54, 1.807) is 19.9 Å². The Morgan fingerprint density at radius 1 is 0.951 bits per heavy atom. The predicted molar refractivity (Wildman–Crippen MR) is 147 cm³/mol. The molecule has 0 bridgehead atoms. The summed E-state index contributed by atoms with van der Waals surface area (Å²) in [6, 6.07) is 13.3. The zero-order valence-corrected chi connectivity index (χ0v) is 23.9. The molecule has 7 nitrogen and oxygen atoms in total. The first-order chi connectivity index (χ1) is 19.1. The van der Waals surface area contributed by atoms with Crippen LogP contribution in [0, 0.1) is 5.82 Å². The van der Waals surface area contributed by atoms with Gasteiger partial charge in [-0.1, -0.05) is 48.0 Å². The lowest BCUT2D eigenvalue weighted by Crippen LogP contribution is -2.52. The van der Waals surface area contributed by atoms with Crippen LogP contribution < -0.4 is 9.62 Å². The maximum Gasteiger partial charge on any atom is 0.417 e. The third-order valence-electron chi connectivity index (χ3n) is 6.05. The highest BCUT2D eigenvalue weighted by Gasteiger charge is 2.37. The topological polar surface area (TPSA) is 86.8 Å². The Morgan fingerprint density at radius 2 is 1.56 bits per heavy atom. The van der Waals surface area contributed by atoms with Gasteiger partial charge < -0.3 is 10.2 Å². The Balaban J connectivity index is 2.12. The fourth-order valence-electron chi connectivity index (χ4n) is 3.93. The number of halogens is 5. The Morgan fingerprint density at radius 3 is 2.15 bits per heavy atom. The summed E-state index contributed by atoms with van der Waals surface area (Å²) < 4.78 is 83.5. The molecule has 220 valence electrons. The van der Waals surface area contributed by atoms with Gasteiger partial charge in [0.25, 0.3) is 10.0 Å². The number of hydrogen-bond donors (Lipinski definition) is 1. The van der Waals surface area contributed by atoms with Crippen LogP contribution in [0.25, 0.3) is 0 Å². The van der Waals surface area contributed by atoms with Crippen LogP contribution in [-0.4, -0.2) is 43.8 Å². The van der Waals surface area contributed by atoms with Crippen LogP contribution in [0.15, 0.2) is 77.7 Å². The van der Waals surface area contributed by atoms with E-state index in [0.717, 1.165) is 23.1 Å². The maximum atomic E-state index is 14.6. The van der Waals surface area contributed by atoms with Gasteiger partial charge in [-0.3, -0.25) is 13.9 Å². The fourth-order valence-corrected chi connectivity index (χ4v) is 5.58. The number of benzene rings is 3. The molecule has 3 aromatic carbocycles. The second-order valence-electron chi connectivity index (χ2n) is 9.44. The van der Waals surface area contributed by atoms with Crippen LogP contribution in [0.2, 0.25) is 5.02 Å². The van der Waals surface area contributed by atoms with E-state index in [4.69, 9.17) is 11.6 Å². The number of amides is 2. The molecule has 1 atom stereocenters. The van der Waals surface area contributed by atoms with Crippen molar-refractivity contribution in [2.75, 3.05) is 10.8 Å². The van der Waals surface area contributed by atoms with E-state index >= 15 is 0 Å². The number of nitrogens with zero attached hydrogens (tertiary/aromatic N) is 2. The molecule has 0 fully saturated rings. The van der Waals surface area contributed by atoms with E-state index in [0.29, 0.717) is 10.4 Å². The highest BCUT2D eigenvalue weighted by molar-refractivity contribution is 7.92. The van der Waals surface area contributed by atoms with E-state index in [1.165, 1.54) is 49.4 Å². The molecule has 41 heavy (non-hydrogen) atoms. The average molecular weight is 614 g/mol. The molecule has 2 amide bonds. The van der Waals surface area contributed by atoms with Crippen LogP contribution >= 0.6 is 11.6 Å². The van der Waals surface area contributed by atoms with E-state index in [-0.39, 0.29) is 16.5 Å². The molecule has 0 aliphatic carbocycles. The molecule has 0 heterocycles. The Kier molecular flexibility index (Phi) is 10.0. The number of rotatable bonds is 10. The Labute approximate surface area is 240 Å². The van der Waals surface area contributed by atoms with Gasteiger partial charge in [0.1, 0.15) is 18.4 Å². The van der Waals surface area contributed by atoms with Gasteiger partial charge in [-0.15, -0.1) is 0 Å². The summed E-state index contributed by atoms with van der Waals surface area (Å²) in [6.45, 7) is 3.37. The molecule has 0 saturated carbocycles. The fraction of sp³-hybridized carbons (Fsp3) is 0.286. The molecular weight excluding hydrogens is 586 g/mol. The average Bonchev–Trinajstić information content (AvgIpc) is 2.90. The molecule has 1 N–H and O–H groups in total. The Hall–Kier alpha value is -3.64. The van der Waals surface area contributed by atoms with E-state index < -0.39 is 69.2 Å². The SMILES string of the molecule is CC(C)NC(=O)[C@@H](C)N(Cc1ccccc1F)C(=O)CN(c1ccc(Cl)c(C(F)(F)F)c1)S(=O)(=O)c1ccccc1. The first-order valence-corrected chi connectivity index (χ1v) is 14.2. The van der Waals surface area contributed by atoms with Gasteiger partial charge in [0, 0.05) is 18.2 Å². The van der Waals surface area contributed by atoms with Gasteiger partial charge in [0.05, 0.1) is 21.2 Å². The third kappa shape index (κ3) is 7.76. The second kappa shape index (κ2) is 12.9. The minimum absolute atomic E-state index is 0.0494. The standard InChI is InChI=1S/C28H28ClF4N3O4S/c1-18(2)34-27(38)19(3)35(16-20-9-7-8-12-25(20)30)26(37)17-36(41(39,40)22-10-5-4-6-11-22)21-13-14-24(29)23(15-21)28(31,32)33/h4-15,18-19H,16-17H2,1-3H3,(H,34,38)/t19-/m1/s1. The lowest BCUT2D eigenvalue weighted by Gasteiger charge is -2.32. The first kappa shape index (κ1) is 31.9. The summed E-state index contributed by atoms with van der Waals surface area (Å²) in [6.07, 6.45) is -4.92.